The predicted octanol–water partition coefficient (Wildman–Crippen LogP) is 0.799. The van der Waals surface area contributed by atoms with E-state index in [0.717, 1.165) is 12.0 Å². The van der Waals surface area contributed by atoms with E-state index >= 15 is 0 Å². The number of benzene rings is 1. The van der Waals surface area contributed by atoms with Crippen LogP contribution in [0, 0.1) is 30.6 Å². The summed E-state index contributed by atoms with van der Waals surface area (Å²) in [5.74, 6) is -2.47. The van der Waals surface area contributed by atoms with Crippen molar-refractivity contribution in [2.75, 3.05) is 0 Å². The van der Waals surface area contributed by atoms with Crippen molar-refractivity contribution >= 4 is 11.9 Å². The Morgan fingerprint density at radius 1 is 1.14 bits per heavy atom. The topological polar surface area (TPSA) is 69.2 Å². The molecule has 2 aliphatic carbocycles. The molecule has 1 saturated carbocycles. The van der Waals surface area contributed by atoms with Crippen LogP contribution in [0.2, 0.25) is 0 Å². The highest BCUT2D eigenvalue weighted by Gasteiger charge is 2.48. The molecular formula is C17H18NO3-. The number of rotatable bonds is 4. The zero-order valence-electron chi connectivity index (χ0n) is 11.9. The summed E-state index contributed by atoms with van der Waals surface area (Å²) in [6, 6.07) is 7.91. The number of amides is 1. The maximum Gasteiger partial charge on any atom is 0.224 e. The second kappa shape index (κ2) is 5.35. The Balaban J connectivity index is 1.66. The van der Waals surface area contributed by atoms with Crippen LogP contribution < -0.4 is 10.4 Å². The number of carbonyl (C=O) groups is 2. The summed E-state index contributed by atoms with van der Waals surface area (Å²) in [6.45, 7) is 2.44. The van der Waals surface area contributed by atoms with Crippen LogP contribution in [0.25, 0.3) is 0 Å². The van der Waals surface area contributed by atoms with Gasteiger partial charge in [0, 0.05) is 18.4 Å². The molecule has 1 aromatic carbocycles. The van der Waals surface area contributed by atoms with Crippen molar-refractivity contribution in [3.63, 3.8) is 0 Å². The van der Waals surface area contributed by atoms with Crippen molar-refractivity contribution in [1.82, 2.24) is 5.32 Å². The van der Waals surface area contributed by atoms with Gasteiger partial charge >= 0.3 is 0 Å². The molecule has 1 aromatic rings. The van der Waals surface area contributed by atoms with Gasteiger partial charge in [0.15, 0.2) is 0 Å². The van der Waals surface area contributed by atoms with Crippen LogP contribution in [0.3, 0.4) is 0 Å². The standard InChI is InChI=1S/C17H19NO3/c1-10-2-4-11(5-3-10)9-18-16(19)14-12-6-7-13(8-12)15(14)17(20)21/h2-7,12-15H,8-9H2,1H3,(H,18,19)(H,20,21)/p-1/t12-,13+,14+,15-/m0/s1. The molecule has 0 saturated heterocycles. The molecule has 0 heterocycles. The zero-order valence-corrected chi connectivity index (χ0v) is 11.9. The minimum atomic E-state index is -1.11. The summed E-state index contributed by atoms with van der Waals surface area (Å²) in [7, 11) is 0. The minimum Gasteiger partial charge on any atom is -0.550 e. The number of hydrogen-bond acceptors (Lipinski definition) is 3. The van der Waals surface area contributed by atoms with Gasteiger partial charge in [0.25, 0.3) is 0 Å². The van der Waals surface area contributed by atoms with Crippen LogP contribution in [0.4, 0.5) is 0 Å². The van der Waals surface area contributed by atoms with Crippen LogP contribution in [-0.4, -0.2) is 11.9 Å². The first-order valence-electron chi connectivity index (χ1n) is 7.28. The van der Waals surface area contributed by atoms with E-state index in [1.54, 1.807) is 0 Å². The summed E-state index contributed by atoms with van der Waals surface area (Å²) in [6.07, 6.45) is 4.64. The Bertz CT molecular complexity index is 591. The number of nitrogens with one attached hydrogen (secondary N) is 1. The second-order valence-electron chi connectivity index (χ2n) is 6.02. The quantitative estimate of drug-likeness (QED) is 0.831. The third kappa shape index (κ3) is 2.58. The molecule has 3 rings (SSSR count). The second-order valence-corrected chi connectivity index (χ2v) is 6.02. The number of carboxylic acid groups (broad SMARTS) is 1. The third-order valence-electron chi connectivity index (χ3n) is 4.62. The van der Waals surface area contributed by atoms with Crippen molar-refractivity contribution < 1.29 is 14.7 Å². The molecule has 0 radical (unpaired) electrons. The fourth-order valence-electron chi connectivity index (χ4n) is 3.51. The Morgan fingerprint density at radius 2 is 1.76 bits per heavy atom. The van der Waals surface area contributed by atoms with Gasteiger partial charge in [-0.2, -0.15) is 0 Å². The van der Waals surface area contributed by atoms with Crippen molar-refractivity contribution in [2.24, 2.45) is 23.7 Å². The lowest BCUT2D eigenvalue weighted by Crippen LogP contribution is -2.44. The molecule has 2 bridgehead atoms. The van der Waals surface area contributed by atoms with Crippen molar-refractivity contribution in [2.45, 2.75) is 19.9 Å². The molecule has 0 aliphatic heterocycles. The van der Waals surface area contributed by atoms with Gasteiger partial charge in [-0.25, -0.2) is 0 Å². The molecule has 4 heteroatoms. The molecule has 110 valence electrons. The fraction of sp³-hybridized carbons (Fsp3) is 0.412. The zero-order chi connectivity index (χ0) is 15.0. The summed E-state index contributed by atoms with van der Waals surface area (Å²) < 4.78 is 0. The Kier molecular flexibility index (Phi) is 3.53. The van der Waals surface area contributed by atoms with E-state index in [0.29, 0.717) is 6.54 Å². The van der Waals surface area contributed by atoms with E-state index < -0.39 is 17.8 Å². The van der Waals surface area contributed by atoms with E-state index in [1.807, 2.05) is 43.3 Å². The van der Waals surface area contributed by atoms with Gasteiger partial charge in [-0.3, -0.25) is 4.79 Å². The first kappa shape index (κ1) is 13.9. The molecule has 0 spiro atoms. The highest BCUT2D eigenvalue weighted by atomic mass is 16.4. The number of carboxylic acids is 1. The van der Waals surface area contributed by atoms with Gasteiger partial charge in [0.1, 0.15) is 0 Å². The molecule has 0 unspecified atom stereocenters. The largest absolute Gasteiger partial charge is 0.550 e. The van der Waals surface area contributed by atoms with Crippen LogP contribution in [-0.2, 0) is 16.1 Å². The molecule has 1 fully saturated rings. The summed E-state index contributed by atoms with van der Waals surface area (Å²) >= 11 is 0. The maximum atomic E-state index is 12.4. The average Bonchev–Trinajstić information content (AvgIpc) is 3.06. The number of fused-ring (bicyclic) bond motifs is 2. The van der Waals surface area contributed by atoms with Gasteiger partial charge in [0.05, 0.1) is 5.92 Å². The SMILES string of the molecule is Cc1ccc(CNC(=O)[C@H]2[C@@H](C(=O)[O-])[C@@H]3C=C[C@H]2C3)cc1. The summed E-state index contributed by atoms with van der Waals surface area (Å²) in [5, 5.41) is 14.2. The molecular weight excluding hydrogens is 266 g/mol. The van der Waals surface area contributed by atoms with E-state index in [1.165, 1.54) is 5.56 Å². The first-order chi connectivity index (χ1) is 10.1. The third-order valence-corrected chi connectivity index (χ3v) is 4.62. The lowest BCUT2D eigenvalue weighted by molar-refractivity contribution is -0.313. The van der Waals surface area contributed by atoms with E-state index in [4.69, 9.17) is 0 Å². The number of aryl methyl sites for hydroxylation is 1. The smallest absolute Gasteiger partial charge is 0.224 e. The highest BCUT2D eigenvalue weighted by molar-refractivity contribution is 5.86. The average molecular weight is 284 g/mol. The van der Waals surface area contributed by atoms with E-state index in [-0.39, 0.29) is 17.7 Å². The molecule has 2 aliphatic rings. The van der Waals surface area contributed by atoms with E-state index in [9.17, 15) is 14.7 Å². The Labute approximate surface area is 123 Å². The minimum absolute atomic E-state index is 0.0379. The van der Waals surface area contributed by atoms with Crippen molar-refractivity contribution in [3.8, 4) is 0 Å². The molecule has 4 atom stereocenters. The van der Waals surface area contributed by atoms with E-state index in [2.05, 4.69) is 5.32 Å². The van der Waals surface area contributed by atoms with Gasteiger partial charge in [-0.1, -0.05) is 42.0 Å². The van der Waals surface area contributed by atoms with Crippen molar-refractivity contribution in [3.05, 3.63) is 47.5 Å². The number of hydrogen-bond donors (Lipinski definition) is 1. The number of aliphatic carboxylic acids is 1. The highest BCUT2D eigenvalue weighted by Crippen LogP contribution is 2.47. The lowest BCUT2D eigenvalue weighted by atomic mass is 9.82. The predicted molar refractivity (Wildman–Crippen MR) is 75.7 cm³/mol. The van der Waals surface area contributed by atoms with Gasteiger partial charge < -0.3 is 15.2 Å². The Hall–Kier alpha value is -2.10. The lowest BCUT2D eigenvalue weighted by Gasteiger charge is -2.27. The van der Waals surface area contributed by atoms with Gasteiger partial charge in [0.2, 0.25) is 5.91 Å². The fourth-order valence-corrected chi connectivity index (χ4v) is 3.51. The maximum absolute atomic E-state index is 12.4. The molecule has 0 aromatic heterocycles. The molecule has 21 heavy (non-hydrogen) atoms. The van der Waals surface area contributed by atoms with Crippen LogP contribution in [0.15, 0.2) is 36.4 Å². The van der Waals surface area contributed by atoms with Crippen LogP contribution in [0.5, 0.6) is 0 Å². The van der Waals surface area contributed by atoms with Gasteiger partial charge in [-0.05, 0) is 30.7 Å². The van der Waals surface area contributed by atoms with Crippen molar-refractivity contribution in [1.29, 1.82) is 0 Å². The molecule has 1 amide bonds. The number of allylic oxidation sites excluding steroid dienone is 2. The summed E-state index contributed by atoms with van der Waals surface area (Å²) in [4.78, 5) is 23.6. The number of carbonyl (C=O) groups excluding carboxylic acids is 2. The van der Waals surface area contributed by atoms with Gasteiger partial charge in [-0.15, -0.1) is 0 Å². The molecule has 1 N–H and O–H groups in total. The van der Waals surface area contributed by atoms with Crippen LogP contribution >= 0.6 is 0 Å². The normalized spacial score (nSPS) is 29.6. The monoisotopic (exact) mass is 284 g/mol. The molecule has 4 nitrogen and oxygen atoms in total. The first-order valence-corrected chi connectivity index (χ1v) is 7.28. The van der Waals surface area contributed by atoms with Crippen LogP contribution in [0.1, 0.15) is 17.5 Å². The summed E-state index contributed by atoms with van der Waals surface area (Å²) in [5.41, 5.74) is 2.18. The Morgan fingerprint density at radius 3 is 2.38 bits per heavy atom.